The van der Waals surface area contributed by atoms with E-state index in [1.165, 1.54) is 0 Å². The third kappa shape index (κ3) is 3.80. The zero-order valence-electron chi connectivity index (χ0n) is 16.8. The van der Waals surface area contributed by atoms with Crippen LogP contribution in [0.5, 0.6) is 0 Å². The smallest absolute Gasteiger partial charge is 0.355 e. The van der Waals surface area contributed by atoms with Crippen molar-refractivity contribution in [2.24, 2.45) is 7.05 Å². The van der Waals surface area contributed by atoms with E-state index in [-0.39, 0.29) is 6.61 Å². The van der Waals surface area contributed by atoms with Crippen LogP contribution in [0.15, 0.2) is 54.6 Å². The number of carbonyl (C=O) groups is 1. The highest BCUT2D eigenvalue weighted by Gasteiger charge is 2.27. The van der Waals surface area contributed by atoms with Gasteiger partial charge in [0.15, 0.2) is 0 Å². The SMILES string of the molecule is CCOC(=O)c1c(-c2ccc(C(O)c3ccccc3)cc2)c(C#N)c(CC)n1C. The fourth-order valence-corrected chi connectivity index (χ4v) is 3.65. The van der Waals surface area contributed by atoms with Gasteiger partial charge in [0, 0.05) is 18.3 Å². The summed E-state index contributed by atoms with van der Waals surface area (Å²) in [6, 6.07) is 19.0. The second-order valence-corrected chi connectivity index (χ2v) is 6.73. The van der Waals surface area contributed by atoms with Gasteiger partial charge in [0.25, 0.3) is 0 Å². The zero-order chi connectivity index (χ0) is 21.0. The molecule has 0 radical (unpaired) electrons. The highest BCUT2D eigenvalue weighted by atomic mass is 16.5. The van der Waals surface area contributed by atoms with Crippen molar-refractivity contribution in [3.05, 3.63) is 82.7 Å². The van der Waals surface area contributed by atoms with Gasteiger partial charge in [0.2, 0.25) is 0 Å². The molecule has 1 aromatic heterocycles. The molecule has 5 nitrogen and oxygen atoms in total. The summed E-state index contributed by atoms with van der Waals surface area (Å²) in [6.45, 7) is 3.97. The number of nitrogens with zero attached hydrogens (tertiary/aromatic N) is 2. The van der Waals surface area contributed by atoms with E-state index in [1.54, 1.807) is 18.5 Å². The summed E-state index contributed by atoms with van der Waals surface area (Å²) in [5, 5.41) is 20.4. The second kappa shape index (κ2) is 8.76. The molecule has 0 amide bonds. The molecular weight excluding hydrogens is 364 g/mol. The molecule has 1 N–H and O–H groups in total. The van der Waals surface area contributed by atoms with Gasteiger partial charge in [-0.25, -0.2) is 4.79 Å². The van der Waals surface area contributed by atoms with Gasteiger partial charge in [-0.2, -0.15) is 5.26 Å². The molecule has 0 spiro atoms. The maximum atomic E-state index is 12.6. The lowest BCUT2D eigenvalue weighted by atomic mass is 9.96. The summed E-state index contributed by atoms with van der Waals surface area (Å²) in [5.74, 6) is -0.449. The van der Waals surface area contributed by atoms with E-state index in [2.05, 4.69) is 6.07 Å². The molecule has 3 aromatic rings. The number of benzene rings is 2. The maximum absolute atomic E-state index is 12.6. The van der Waals surface area contributed by atoms with E-state index in [4.69, 9.17) is 4.74 Å². The summed E-state index contributed by atoms with van der Waals surface area (Å²) in [5.41, 5.74) is 4.50. The number of aromatic nitrogens is 1. The van der Waals surface area contributed by atoms with Gasteiger partial charge in [-0.1, -0.05) is 61.5 Å². The quantitative estimate of drug-likeness (QED) is 0.636. The van der Waals surface area contributed by atoms with E-state index in [0.717, 1.165) is 22.4 Å². The van der Waals surface area contributed by atoms with Gasteiger partial charge in [-0.15, -0.1) is 0 Å². The fraction of sp³-hybridized carbons (Fsp3) is 0.250. The number of nitriles is 1. The maximum Gasteiger partial charge on any atom is 0.355 e. The van der Waals surface area contributed by atoms with Crippen LogP contribution in [0.4, 0.5) is 0 Å². The van der Waals surface area contributed by atoms with E-state index < -0.39 is 12.1 Å². The third-order valence-corrected chi connectivity index (χ3v) is 5.06. The summed E-state index contributed by atoms with van der Waals surface area (Å²) in [6.07, 6.45) is -0.122. The average Bonchev–Trinajstić information content (AvgIpc) is 3.05. The minimum atomic E-state index is -0.743. The first-order valence-electron chi connectivity index (χ1n) is 9.65. The zero-order valence-corrected chi connectivity index (χ0v) is 16.8. The number of aliphatic hydroxyl groups excluding tert-OH is 1. The molecule has 0 saturated heterocycles. The predicted octanol–water partition coefficient (Wildman–Crippen LogP) is 4.38. The van der Waals surface area contributed by atoms with Crippen LogP contribution in [0.1, 0.15) is 52.8 Å². The van der Waals surface area contributed by atoms with Crippen LogP contribution in [0.25, 0.3) is 11.1 Å². The molecule has 0 aliphatic rings. The van der Waals surface area contributed by atoms with Crippen LogP contribution >= 0.6 is 0 Å². The van der Waals surface area contributed by atoms with Crippen LogP contribution in [-0.4, -0.2) is 22.2 Å². The topological polar surface area (TPSA) is 75.2 Å². The Hall–Kier alpha value is -3.36. The predicted molar refractivity (Wildman–Crippen MR) is 111 cm³/mol. The molecule has 1 heterocycles. The van der Waals surface area contributed by atoms with Crippen LogP contribution < -0.4 is 0 Å². The minimum absolute atomic E-state index is 0.259. The Bertz CT molecular complexity index is 1040. The summed E-state index contributed by atoms with van der Waals surface area (Å²) in [7, 11) is 1.78. The lowest BCUT2D eigenvalue weighted by Crippen LogP contribution is -2.12. The van der Waals surface area contributed by atoms with Gasteiger partial charge >= 0.3 is 5.97 Å². The third-order valence-electron chi connectivity index (χ3n) is 5.06. The Morgan fingerprint density at radius 2 is 1.72 bits per heavy atom. The fourth-order valence-electron chi connectivity index (χ4n) is 3.65. The van der Waals surface area contributed by atoms with Crippen molar-refractivity contribution >= 4 is 5.97 Å². The van der Waals surface area contributed by atoms with E-state index in [1.807, 2.05) is 61.5 Å². The monoisotopic (exact) mass is 388 g/mol. The van der Waals surface area contributed by atoms with Gasteiger partial charge in [-0.05, 0) is 30.0 Å². The average molecular weight is 388 g/mol. The van der Waals surface area contributed by atoms with Crippen molar-refractivity contribution in [3.8, 4) is 17.2 Å². The molecule has 0 saturated carbocycles. The number of ether oxygens (including phenoxy) is 1. The minimum Gasteiger partial charge on any atom is -0.461 e. The summed E-state index contributed by atoms with van der Waals surface area (Å²) < 4.78 is 6.99. The van der Waals surface area contributed by atoms with Crippen molar-refractivity contribution < 1.29 is 14.6 Å². The van der Waals surface area contributed by atoms with Crippen LogP contribution in [0.2, 0.25) is 0 Å². The van der Waals surface area contributed by atoms with Gasteiger partial charge < -0.3 is 14.4 Å². The van der Waals surface area contributed by atoms with Gasteiger partial charge in [-0.3, -0.25) is 0 Å². The van der Waals surface area contributed by atoms with E-state index in [9.17, 15) is 15.2 Å². The second-order valence-electron chi connectivity index (χ2n) is 6.73. The molecule has 1 unspecified atom stereocenters. The lowest BCUT2D eigenvalue weighted by molar-refractivity contribution is 0.0516. The van der Waals surface area contributed by atoms with Crippen LogP contribution in [-0.2, 0) is 18.2 Å². The number of rotatable bonds is 6. The molecule has 148 valence electrons. The summed E-state index contributed by atoms with van der Waals surface area (Å²) in [4.78, 5) is 12.6. The van der Waals surface area contributed by atoms with Gasteiger partial charge in [0.1, 0.15) is 17.9 Å². The summed E-state index contributed by atoms with van der Waals surface area (Å²) >= 11 is 0. The molecular formula is C24H24N2O3. The normalized spacial score (nSPS) is 11.7. The Morgan fingerprint density at radius 3 is 2.28 bits per heavy atom. The molecule has 3 rings (SSSR count). The van der Waals surface area contributed by atoms with Crippen molar-refractivity contribution in [1.29, 1.82) is 5.26 Å². The standard InChI is InChI=1S/C24H24N2O3/c1-4-20-19(15-25)21(22(26(20)3)24(28)29-5-2)16-11-13-18(14-12-16)23(27)17-9-7-6-8-10-17/h6-14,23,27H,4-5H2,1-3H3. The number of carbonyl (C=O) groups excluding carboxylic acids is 1. The highest BCUT2D eigenvalue weighted by molar-refractivity contribution is 5.98. The van der Waals surface area contributed by atoms with E-state index >= 15 is 0 Å². The van der Waals surface area contributed by atoms with Crippen molar-refractivity contribution in [2.45, 2.75) is 26.4 Å². The first-order valence-corrected chi connectivity index (χ1v) is 9.65. The Kier molecular flexibility index (Phi) is 6.16. The molecule has 1 atom stereocenters. The molecule has 0 aliphatic carbocycles. The first-order chi connectivity index (χ1) is 14.0. The number of hydrogen-bond donors (Lipinski definition) is 1. The molecule has 5 heteroatoms. The lowest BCUT2D eigenvalue weighted by Gasteiger charge is -2.13. The molecule has 0 bridgehead atoms. The Morgan fingerprint density at radius 1 is 1.10 bits per heavy atom. The molecule has 2 aromatic carbocycles. The van der Waals surface area contributed by atoms with Crippen LogP contribution in [0.3, 0.4) is 0 Å². The molecule has 29 heavy (non-hydrogen) atoms. The largest absolute Gasteiger partial charge is 0.461 e. The van der Waals surface area contributed by atoms with Crippen LogP contribution in [0, 0.1) is 11.3 Å². The van der Waals surface area contributed by atoms with Crippen molar-refractivity contribution in [2.75, 3.05) is 6.61 Å². The first kappa shape index (κ1) is 20.4. The Balaban J connectivity index is 2.08. The Labute approximate surface area is 170 Å². The molecule has 0 fully saturated rings. The number of esters is 1. The molecule has 0 aliphatic heterocycles. The van der Waals surface area contributed by atoms with Gasteiger partial charge in [0.05, 0.1) is 12.2 Å². The van der Waals surface area contributed by atoms with E-state index in [0.29, 0.717) is 23.2 Å². The van der Waals surface area contributed by atoms with Crippen molar-refractivity contribution in [3.63, 3.8) is 0 Å². The number of aliphatic hydroxyl groups is 1. The number of hydrogen-bond acceptors (Lipinski definition) is 4. The highest BCUT2D eigenvalue weighted by Crippen LogP contribution is 2.34. The van der Waals surface area contributed by atoms with Crippen molar-refractivity contribution in [1.82, 2.24) is 4.57 Å².